The van der Waals surface area contributed by atoms with Crippen molar-refractivity contribution < 1.29 is 9.59 Å². The van der Waals surface area contributed by atoms with E-state index in [1.807, 2.05) is 85.1 Å². The van der Waals surface area contributed by atoms with Gasteiger partial charge in [0.1, 0.15) is 0 Å². The molecule has 0 aliphatic rings. The zero-order chi connectivity index (χ0) is 22.5. The van der Waals surface area contributed by atoms with Gasteiger partial charge < -0.3 is 10.6 Å². The number of nitrogens with zero attached hydrogens (tertiary/aromatic N) is 3. The van der Waals surface area contributed by atoms with E-state index in [2.05, 4.69) is 20.8 Å². The number of pyridine rings is 1. The quantitative estimate of drug-likeness (QED) is 0.415. The monoisotopic (exact) mass is 445 g/mol. The molecule has 0 bridgehead atoms. The lowest BCUT2D eigenvalue weighted by Gasteiger charge is -2.14. The molecule has 0 aliphatic heterocycles. The van der Waals surface area contributed by atoms with Crippen molar-refractivity contribution in [1.29, 1.82) is 0 Å². The molecular weight excluding hydrogens is 422 g/mol. The van der Waals surface area contributed by atoms with Gasteiger partial charge in [0.15, 0.2) is 11.5 Å². The summed E-state index contributed by atoms with van der Waals surface area (Å²) in [5, 5.41) is 14.2. The average Bonchev–Trinajstić information content (AvgIpc) is 3.24. The van der Waals surface area contributed by atoms with Gasteiger partial charge in [-0.3, -0.25) is 14.0 Å². The molecule has 2 aromatic carbocycles. The molecule has 0 aliphatic carbocycles. The maximum atomic E-state index is 13.0. The van der Waals surface area contributed by atoms with Crippen molar-refractivity contribution in [2.45, 2.75) is 24.8 Å². The van der Waals surface area contributed by atoms with Crippen LogP contribution in [0.1, 0.15) is 34.7 Å². The highest BCUT2D eigenvalue weighted by molar-refractivity contribution is 8.00. The minimum atomic E-state index is -0.345. The van der Waals surface area contributed by atoms with Crippen LogP contribution in [0.25, 0.3) is 5.65 Å². The first kappa shape index (κ1) is 21.6. The third-order valence-electron chi connectivity index (χ3n) is 4.90. The van der Waals surface area contributed by atoms with Crippen LogP contribution in [0.4, 0.5) is 5.69 Å². The van der Waals surface area contributed by atoms with Crippen LogP contribution in [0.3, 0.4) is 0 Å². The highest BCUT2D eigenvalue weighted by atomic mass is 32.2. The Morgan fingerprint density at radius 2 is 1.75 bits per heavy atom. The zero-order valence-electron chi connectivity index (χ0n) is 17.8. The number of carbonyl (C=O) groups is 2. The number of thioether (sulfide) groups is 1. The van der Waals surface area contributed by atoms with Crippen LogP contribution in [0, 0.1) is 6.92 Å². The number of hydrogen-bond acceptors (Lipinski definition) is 5. The number of nitrogens with one attached hydrogen (secondary N) is 2. The Labute approximate surface area is 190 Å². The average molecular weight is 446 g/mol. The summed E-state index contributed by atoms with van der Waals surface area (Å²) >= 11 is 1.33. The summed E-state index contributed by atoms with van der Waals surface area (Å²) in [5.74, 6) is 0.490. The molecule has 0 fully saturated rings. The molecule has 1 unspecified atom stereocenters. The summed E-state index contributed by atoms with van der Waals surface area (Å²) in [5.41, 5.74) is 3.12. The molecule has 0 spiro atoms. The van der Waals surface area contributed by atoms with Gasteiger partial charge in [0, 0.05) is 16.8 Å². The number of hydrogen-bond donors (Lipinski definition) is 2. The van der Waals surface area contributed by atoms with Crippen LogP contribution in [-0.2, 0) is 4.79 Å². The highest BCUT2D eigenvalue weighted by Crippen LogP contribution is 2.24. The summed E-state index contributed by atoms with van der Waals surface area (Å²) in [4.78, 5) is 26.1. The van der Waals surface area contributed by atoms with Gasteiger partial charge >= 0.3 is 0 Å². The first-order chi connectivity index (χ1) is 15.5. The topological polar surface area (TPSA) is 88.4 Å². The first-order valence-electron chi connectivity index (χ1n) is 10.2. The smallest absolute Gasteiger partial charge is 0.252 e. The van der Waals surface area contributed by atoms with Gasteiger partial charge in [-0.15, -0.1) is 22.0 Å². The largest absolute Gasteiger partial charge is 0.342 e. The van der Waals surface area contributed by atoms with Crippen LogP contribution >= 0.6 is 11.8 Å². The number of amides is 2. The highest BCUT2D eigenvalue weighted by Gasteiger charge is 2.19. The van der Waals surface area contributed by atoms with Gasteiger partial charge in [-0.2, -0.15) is 0 Å². The number of aromatic nitrogens is 3. The second-order valence-electron chi connectivity index (χ2n) is 7.38. The fourth-order valence-corrected chi connectivity index (χ4v) is 4.10. The van der Waals surface area contributed by atoms with Crippen molar-refractivity contribution in [1.82, 2.24) is 19.9 Å². The summed E-state index contributed by atoms with van der Waals surface area (Å²) in [7, 11) is 0. The molecule has 2 aromatic heterocycles. The number of benzene rings is 2. The lowest BCUT2D eigenvalue weighted by atomic mass is 10.2. The van der Waals surface area contributed by atoms with E-state index in [0.717, 1.165) is 21.8 Å². The third kappa shape index (κ3) is 4.97. The van der Waals surface area contributed by atoms with Crippen molar-refractivity contribution in [3.8, 4) is 0 Å². The van der Waals surface area contributed by atoms with E-state index in [1.54, 1.807) is 6.07 Å². The van der Waals surface area contributed by atoms with Gasteiger partial charge in [-0.1, -0.05) is 35.9 Å². The van der Waals surface area contributed by atoms with Gasteiger partial charge in [-0.25, -0.2) is 0 Å². The maximum absolute atomic E-state index is 13.0. The van der Waals surface area contributed by atoms with Crippen molar-refractivity contribution in [2.75, 3.05) is 11.1 Å². The van der Waals surface area contributed by atoms with E-state index in [9.17, 15) is 9.59 Å². The Morgan fingerprint density at radius 3 is 2.56 bits per heavy atom. The van der Waals surface area contributed by atoms with Crippen LogP contribution < -0.4 is 10.6 Å². The van der Waals surface area contributed by atoms with E-state index in [1.165, 1.54) is 11.8 Å². The molecule has 2 heterocycles. The van der Waals surface area contributed by atoms with Crippen molar-refractivity contribution in [2.24, 2.45) is 0 Å². The molecule has 162 valence electrons. The Morgan fingerprint density at radius 1 is 1.00 bits per heavy atom. The summed E-state index contributed by atoms with van der Waals surface area (Å²) in [6.07, 6.45) is 1.86. The Bertz CT molecular complexity index is 1250. The first-order valence-corrected chi connectivity index (χ1v) is 11.2. The Balaban J connectivity index is 1.41. The van der Waals surface area contributed by atoms with Gasteiger partial charge in [0.25, 0.3) is 5.91 Å². The van der Waals surface area contributed by atoms with Crippen LogP contribution in [-0.4, -0.2) is 32.2 Å². The van der Waals surface area contributed by atoms with E-state index >= 15 is 0 Å². The molecule has 4 aromatic rings. The van der Waals surface area contributed by atoms with Gasteiger partial charge in [-0.05, 0) is 50.2 Å². The molecule has 0 radical (unpaired) electrons. The lowest BCUT2D eigenvalue weighted by molar-refractivity contribution is -0.113. The molecular formula is C24H23N5O2S. The van der Waals surface area contributed by atoms with Crippen LogP contribution in [0.15, 0.2) is 77.8 Å². The molecule has 2 amide bonds. The summed E-state index contributed by atoms with van der Waals surface area (Å²) in [6, 6.07) is 20.2. The fraction of sp³-hybridized carbons (Fsp3) is 0.167. The summed E-state index contributed by atoms with van der Waals surface area (Å²) < 4.78 is 1.85. The third-order valence-corrected chi connectivity index (χ3v) is 5.97. The second-order valence-corrected chi connectivity index (χ2v) is 8.40. The standard InChI is InChI=1S/C24H23N5O2S/c1-16-10-12-18(13-11-16)26-22(30)15-32-20-8-4-3-7-19(20)24(31)25-17(2)23-28-27-21-9-5-6-14-29(21)23/h3-14,17H,15H2,1-2H3,(H,25,31)(H,26,30). The SMILES string of the molecule is Cc1ccc(NC(=O)CSc2ccccc2C(=O)NC(C)c2nnc3ccccn23)cc1. The molecule has 0 saturated carbocycles. The van der Waals surface area contributed by atoms with Crippen molar-refractivity contribution in [3.63, 3.8) is 0 Å². The Kier molecular flexibility index (Phi) is 6.51. The van der Waals surface area contributed by atoms with E-state index in [4.69, 9.17) is 0 Å². The van der Waals surface area contributed by atoms with Crippen LogP contribution in [0.5, 0.6) is 0 Å². The summed E-state index contributed by atoms with van der Waals surface area (Å²) in [6.45, 7) is 3.86. The van der Waals surface area contributed by atoms with Crippen molar-refractivity contribution in [3.05, 3.63) is 89.9 Å². The predicted octanol–water partition coefficient (Wildman–Crippen LogP) is 4.26. The zero-order valence-corrected chi connectivity index (χ0v) is 18.6. The van der Waals surface area contributed by atoms with Crippen molar-refractivity contribution >= 4 is 34.9 Å². The predicted molar refractivity (Wildman–Crippen MR) is 126 cm³/mol. The van der Waals surface area contributed by atoms with Gasteiger partial charge in [0.05, 0.1) is 17.4 Å². The number of aryl methyl sites for hydroxylation is 1. The molecule has 8 heteroatoms. The normalized spacial score (nSPS) is 11.8. The van der Waals surface area contributed by atoms with E-state index in [-0.39, 0.29) is 23.6 Å². The maximum Gasteiger partial charge on any atom is 0.252 e. The lowest BCUT2D eigenvalue weighted by Crippen LogP contribution is -2.28. The fourth-order valence-electron chi connectivity index (χ4n) is 3.25. The molecule has 4 rings (SSSR count). The van der Waals surface area contributed by atoms with Crippen LogP contribution in [0.2, 0.25) is 0 Å². The molecule has 7 nitrogen and oxygen atoms in total. The molecule has 1 atom stereocenters. The van der Waals surface area contributed by atoms with E-state index < -0.39 is 0 Å². The van der Waals surface area contributed by atoms with Gasteiger partial charge in [0.2, 0.25) is 5.91 Å². The molecule has 0 saturated heterocycles. The Hall–Kier alpha value is -3.65. The molecule has 32 heavy (non-hydrogen) atoms. The number of carbonyl (C=O) groups excluding carboxylic acids is 2. The minimum Gasteiger partial charge on any atom is -0.342 e. The number of fused-ring (bicyclic) bond motifs is 1. The van der Waals surface area contributed by atoms with E-state index in [0.29, 0.717) is 11.4 Å². The minimum absolute atomic E-state index is 0.127. The second kappa shape index (κ2) is 9.65. The number of anilines is 1. The molecule has 2 N–H and O–H groups in total. The number of rotatable bonds is 7.